The highest BCUT2D eigenvalue weighted by molar-refractivity contribution is 5.32. The number of carbonyl (C=O) groups is 1. The molecule has 0 aliphatic carbocycles. The molecule has 0 aromatic heterocycles. The van der Waals surface area contributed by atoms with Gasteiger partial charge < -0.3 is 33.5 Å². The molecule has 3 rings (SSSR count). The summed E-state index contributed by atoms with van der Waals surface area (Å²) in [6, 6.07) is 0. The van der Waals surface area contributed by atoms with Gasteiger partial charge in [-0.1, -0.05) is 0 Å². The molecular weight excluding hydrogens is 384 g/mol. The third-order valence-corrected chi connectivity index (χ3v) is 4.43. The van der Waals surface area contributed by atoms with Crippen LogP contribution in [0.2, 0.25) is 0 Å². The van der Waals surface area contributed by atoms with Gasteiger partial charge in [-0.05, 0) is 0 Å². The molecule has 3 heterocycles. The van der Waals surface area contributed by atoms with E-state index in [4.69, 9.17) is 38.3 Å². The summed E-state index contributed by atoms with van der Waals surface area (Å²) in [6.07, 6.45) is 0. The average molecular weight is 423 g/mol. The minimum atomic E-state index is -0.250. The van der Waals surface area contributed by atoms with Crippen LogP contribution in [0.3, 0.4) is 0 Å². The van der Waals surface area contributed by atoms with Crippen LogP contribution in [0.15, 0.2) is 0 Å². The fourth-order valence-electron chi connectivity index (χ4n) is 2.80. The van der Waals surface area contributed by atoms with Crippen LogP contribution < -0.4 is 0 Å². The van der Waals surface area contributed by atoms with E-state index in [0.717, 1.165) is 39.3 Å². The van der Waals surface area contributed by atoms with Crippen molar-refractivity contribution >= 4 is 6.47 Å². The topological polar surface area (TPSA) is 99.2 Å². The molecule has 29 heavy (non-hydrogen) atoms. The third kappa shape index (κ3) is 16.6. The normalized spacial score (nSPS) is 27.7. The van der Waals surface area contributed by atoms with Crippen molar-refractivity contribution in [3.63, 3.8) is 0 Å². The molecule has 0 atom stereocenters. The zero-order valence-corrected chi connectivity index (χ0v) is 17.5. The largest absolute Gasteiger partial charge is 0.483 e. The molecule has 3 fully saturated rings. The van der Waals surface area contributed by atoms with Gasteiger partial charge in [0, 0.05) is 39.3 Å². The molecule has 0 aromatic carbocycles. The highest BCUT2D eigenvalue weighted by Crippen LogP contribution is 1.95. The molecule has 3 aliphatic heterocycles. The van der Waals surface area contributed by atoms with Crippen LogP contribution in [0.25, 0.3) is 0 Å². The lowest BCUT2D eigenvalue weighted by molar-refractivity contribution is -0.122. The average Bonchev–Trinajstić information content (AvgIpc) is 2.71. The number of rotatable bonds is 0. The van der Waals surface area contributed by atoms with E-state index < -0.39 is 0 Å². The predicted octanol–water partition coefficient (Wildman–Crippen LogP) is -0.582. The second-order valence-corrected chi connectivity index (χ2v) is 6.46. The Labute approximate surface area is 173 Å². The molecule has 0 aromatic rings. The Morgan fingerprint density at radius 3 is 0.793 bits per heavy atom. The van der Waals surface area contributed by atoms with E-state index in [2.05, 4.69) is 9.80 Å². The van der Waals surface area contributed by atoms with Crippen molar-refractivity contribution in [1.82, 2.24) is 9.80 Å². The Morgan fingerprint density at radius 2 is 0.621 bits per heavy atom. The number of carboxylic acid groups (broad SMARTS) is 1. The molecular formula is C19H38N2O8. The SMILES string of the molecule is C1COCCN2CCOCCOCCN(CCO1)CCOCCOCC2.O=CO. The van der Waals surface area contributed by atoms with Gasteiger partial charge >= 0.3 is 0 Å². The summed E-state index contributed by atoms with van der Waals surface area (Å²) >= 11 is 0. The Balaban J connectivity index is 0.00000132. The first-order valence-corrected chi connectivity index (χ1v) is 10.4. The van der Waals surface area contributed by atoms with Gasteiger partial charge in [0.15, 0.2) is 0 Å². The Hall–Kier alpha value is -0.850. The van der Waals surface area contributed by atoms with Crippen molar-refractivity contribution in [3.8, 4) is 0 Å². The summed E-state index contributed by atoms with van der Waals surface area (Å²) in [5.41, 5.74) is 0. The minimum absolute atomic E-state index is 0.250. The summed E-state index contributed by atoms with van der Waals surface area (Å²) in [7, 11) is 0. The van der Waals surface area contributed by atoms with Crippen LogP contribution in [-0.2, 0) is 33.2 Å². The van der Waals surface area contributed by atoms with Gasteiger partial charge in [0.1, 0.15) is 0 Å². The van der Waals surface area contributed by atoms with Gasteiger partial charge in [0.2, 0.25) is 0 Å². The molecule has 3 saturated heterocycles. The molecule has 3 aliphatic rings. The minimum Gasteiger partial charge on any atom is -0.483 e. The molecule has 172 valence electrons. The summed E-state index contributed by atoms with van der Waals surface area (Å²) in [4.78, 5) is 13.0. The third-order valence-electron chi connectivity index (χ3n) is 4.43. The van der Waals surface area contributed by atoms with Crippen LogP contribution in [0, 0.1) is 0 Å². The molecule has 2 bridgehead atoms. The van der Waals surface area contributed by atoms with Crippen molar-refractivity contribution in [1.29, 1.82) is 0 Å². The summed E-state index contributed by atoms with van der Waals surface area (Å²) < 4.78 is 34.2. The van der Waals surface area contributed by atoms with Gasteiger partial charge in [-0.15, -0.1) is 0 Å². The first-order chi connectivity index (χ1) is 14.4. The fraction of sp³-hybridized carbons (Fsp3) is 0.947. The molecule has 0 radical (unpaired) electrons. The summed E-state index contributed by atoms with van der Waals surface area (Å²) in [5.74, 6) is 0. The van der Waals surface area contributed by atoms with Gasteiger partial charge in [-0.3, -0.25) is 14.6 Å². The number of hydrogen-bond acceptors (Lipinski definition) is 9. The molecule has 10 heteroatoms. The van der Waals surface area contributed by atoms with E-state index in [1.807, 2.05) is 0 Å². The predicted molar refractivity (Wildman–Crippen MR) is 106 cm³/mol. The van der Waals surface area contributed by atoms with E-state index in [1.54, 1.807) is 0 Å². The number of ether oxygens (including phenoxy) is 6. The maximum atomic E-state index is 8.36. The van der Waals surface area contributed by atoms with Crippen LogP contribution in [0.1, 0.15) is 0 Å². The standard InChI is InChI=1S/C18H36N2O6.CH2O2/c1-7-21-13-14-24-10-4-20-5-11-25-17-15-22-8-2-19(1)3-9-23-16-18-26-12-6-20;2-1-3/h1-18H2;1H,(H,2,3). The van der Waals surface area contributed by atoms with E-state index in [1.165, 1.54) is 0 Å². The molecule has 0 saturated carbocycles. The molecule has 0 unspecified atom stereocenters. The summed E-state index contributed by atoms with van der Waals surface area (Å²) in [6.45, 7) is 12.9. The Bertz CT molecular complexity index is 288. The van der Waals surface area contributed by atoms with Crippen LogP contribution in [0.5, 0.6) is 0 Å². The molecule has 0 amide bonds. The van der Waals surface area contributed by atoms with E-state index in [9.17, 15) is 0 Å². The lowest BCUT2D eigenvalue weighted by Gasteiger charge is -2.24. The monoisotopic (exact) mass is 422 g/mol. The molecule has 0 spiro atoms. The van der Waals surface area contributed by atoms with Gasteiger partial charge in [-0.2, -0.15) is 0 Å². The number of nitrogens with zero attached hydrogens (tertiary/aromatic N) is 2. The zero-order valence-electron chi connectivity index (χ0n) is 17.5. The fourth-order valence-corrected chi connectivity index (χ4v) is 2.80. The van der Waals surface area contributed by atoms with Gasteiger partial charge in [0.25, 0.3) is 6.47 Å². The van der Waals surface area contributed by atoms with Crippen LogP contribution in [-0.4, -0.2) is 140 Å². The molecule has 1 N–H and O–H groups in total. The van der Waals surface area contributed by atoms with Crippen LogP contribution >= 0.6 is 0 Å². The van der Waals surface area contributed by atoms with Crippen molar-refractivity contribution in [3.05, 3.63) is 0 Å². The van der Waals surface area contributed by atoms with E-state index in [-0.39, 0.29) is 6.47 Å². The van der Waals surface area contributed by atoms with E-state index >= 15 is 0 Å². The lowest BCUT2D eigenvalue weighted by atomic mass is 10.4. The lowest BCUT2D eigenvalue weighted by Crippen LogP contribution is -2.36. The number of hydrogen-bond donors (Lipinski definition) is 1. The first kappa shape index (κ1) is 26.2. The quantitative estimate of drug-likeness (QED) is 0.510. The maximum absolute atomic E-state index is 8.36. The van der Waals surface area contributed by atoms with Gasteiger partial charge in [0.05, 0.1) is 79.3 Å². The first-order valence-electron chi connectivity index (χ1n) is 10.4. The summed E-state index contributed by atoms with van der Waals surface area (Å²) in [5, 5.41) is 6.89. The van der Waals surface area contributed by atoms with Crippen molar-refractivity contribution in [2.45, 2.75) is 0 Å². The Kier molecular flexibility index (Phi) is 18.4. The van der Waals surface area contributed by atoms with Crippen LogP contribution in [0.4, 0.5) is 0 Å². The maximum Gasteiger partial charge on any atom is 0.290 e. The second kappa shape index (κ2) is 20.4. The van der Waals surface area contributed by atoms with Crippen molar-refractivity contribution < 1.29 is 38.3 Å². The highest BCUT2D eigenvalue weighted by atomic mass is 16.5. The zero-order chi connectivity index (χ0) is 20.8. The second-order valence-electron chi connectivity index (χ2n) is 6.46. The smallest absolute Gasteiger partial charge is 0.290 e. The van der Waals surface area contributed by atoms with Gasteiger partial charge in [-0.25, -0.2) is 0 Å². The van der Waals surface area contributed by atoms with Crippen molar-refractivity contribution in [2.75, 3.05) is 119 Å². The van der Waals surface area contributed by atoms with E-state index in [0.29, 0.717) is 79.3 Å². The number of fused-ring (bicyclic) bond motifs is 21. The van der Waals surface area contributed by atoms with Crippen molar-refractivity contribution in [2.24, 2.45) is 0 Å². The highest BCUT2D eigenvalue weighted by Gasteiger charge is 2.08. The Morgan fingerprint density at radius 1 is 0.448 bits per heavy atom. The molecule has 10 nitrogen and oxygen atoms in total.